The smallest absolute Gasteiger partial charge is 0.459 e. The maximum Gasteiger partial charge on any atom is 0.459 e. The van der Waals surface area contributed by atoms with Crippen LogP contribution in [0, 0.1) is 5.41 Å². The lowest BCUT2D eigenvalue weighted by Crippen LogP contribution is -2.41. The predicted octanol–water partition coefficient (Wildman–Crippen LogP) is 2.36. The summed E-state index contributed by atoms with van der Waals surface area (Å²) in [5.41, 5.74) is -1.89. The molecule has 17 heavy (non-hydrogen) atoms. The first-order valence-corrected chi connectivity index (χ1v) is 5.77. The van der Waals surface area contributed by atoms with E-state index in [4.69, 9.17) is 9.31 Å². The molecule has 0 aromatic heterocycles. The lowest BCUT2D eigenvalue weighted by Gasteiger charge is -2.32. The van der Waals surface area contributed by atoms with Crippen LogP contribution in [-0.4, -0.2) is 29.4 Å². The van der Waals surface area contributed by atoms with Crippen LogP contribution in [0.15, 0.2) is 12.7 Å². The van der Waals surface area contributed by atoms with E-state index in [1.807, 2.05) is 27.7 Å². The molecule has 1 atom stereocenters. The Morgan fingerprint density at radius 1 is 1.35 bits per heavy atom. The van der Waals surface area contributed by atoms with E-state index in [2.05, 4.69) is 6.58 Å². The van der Waals surface area contributed by atoms with Gasteiger partial charge in [-0.1, -0.05) is 6.08 Å². The van der Waals surface area contributed by atoms with Crippen LogP contribution >= 0.6 is 0 Å². The van der Waals surface area contributed by atoms with Crippen molar-refractivity contribution in [1.82, 2.24) is 0 Å². The van der Waals surface area contributed by atoms with E-state index in [0.29, 0.717) is 0 Å². The average Bonchev–Trinajstić information content (AvgIpc) is 2.34. The first kappa shape index (κ1) is 14.3. The number of carbonyl (C=O) groups is 1. The quantitative estimate of drug-likeness (QED) is 0.605. The van der Waals surface area contributed by atoms with Gasteiger partial charge in [0, 0.05) is 6.32 Å². The largest absolute Gasteiger partial charge is 0.481 e. The van der Waals surface area contributed by atoms with Crippen molar-refractivity contribution in [3.63, 3.8) is 0 Å². The first-order valence-electron chi connectivity index (χ1n) is 5.77. The molecule has 1 heterocycles. The molecule has 1 unspecified atom stereocenters. The van der Waals surface area contributed by atoms with Crippen LogP contribution in [0.2, 0.25) is 6.32 Å². The number of rotatable bonds is 4. The molecule has 0 amide bonds. The summed E-state index contributed by atoms with van der Waals surface area (Å²) in [6.45, 7) is 13.0. The van der Waals surface area contributed by atoms with Crippen LogP contribution < -0.4 is 0 Å². The Kier molecular flexibility index (Phi) is 3.47. The fourth-order valence-corrected chi connectivity index (χ4v) is 1.65. The zero-order valence-electron chi connectivity index (χ0n) is 11.2. The van der Waals surface area contributed by atoms with Gasteiger partial charge in [-0.25, -0.2) is 0 Å². The van der Waals surface area contributed by atoms with Crippen molar-refractivity contribution >= 4 is 13.1 Å². The molecule has 0 aliphatic carbocycles. The molecule has 0 bridgehead atoms. The topological polar surface area (TPSA) is 55.8 Å². The van der Waals surface area contributed by atoms with Crippen molar-refractivity contribution in [2.75, 3.05) is 0 Å². The van der Waals surface area contributed by atoms with Gasteiger partial charge in [0.25, 0.3) is 0 Å². The lowest BCUT2D eigenvalue weighted by molar-refractivity contribution is -0.144. The second-order valence-corrected chi connectivity index (χ2v) is 5.82. The summed E-state index contributed by atoms with van der Waals surface area (Å²) < 4.78 is 11.6. The van der Waals surface area contributed by atoms with Crippen LogP contribution in [0.1, 0.15) is 34.6 Å². The van der Waals surface area contributed by atoms with Crippen molar-refractivity contribution in [2.45, 2.75) is 52.1 Å². The molecule has 1 fully saturated rings. The minimum atomic E-state index is -1.03. The number of hydrogen-bond acceptors (Lipinski definition) is 3. The summed E-state index contributed by atoms with van der Waals surface area (Å²) in [4.78, 5) is 11.2. The molecular formula is C12H21BO4. The molecule has 1 aliphatic rings. The van der Waals surface area contributed by atoms with E-state index in [1.165, 1.54) is 6.08 Å². The summed E-state index contributed by atoms with van der Waals surface area (Å²) in [6.07, 6.45) is 1.69. The highest BCUT2D eigenvalue weighted by molar-refractivity contribution is 6.46. The molecule has 1 saturated heterocycles. The van der Waals surface area contributed by atoms with E-state index in [1.54, 1.807) is 6.92 Å². The zero-order valence-corrected chi connectivity index (χ0v) is 11.2. The molecule has 1 aliphatic heterocycles. The average molecular weight is 240 g/mol. The fraction of sp³-hybridized carbons (Fsp3) is 0.750. The monoisotopic (exact) mass is 240 g/mol. The van der Waals surface area contributed by atoms with Gasteiger partial charge in [0.2, 0.25) is 0 Å². The van der Waals surface area contributed by atoms with Gasteiger partial charge in [0.1, 0.15) is 0 Å². The van der Waals surface area contributed by atoms with E-state index in [9.17, 15) is 9.90 Å². The van der Waals surface area contributed by atoms with Crippen LogP contribution in [0.25, 0.3) is 0 Å². The normalized spacial score (nSPS) is 25.4. The molecule has 1 rings (SSSR count). The van der Waals surface area contributed by atoms with Crippen LogP contribution in [0.4, 0.5) is 0 Å². The van der Waals surface area contributed by atoms with Gasteiger partial charge in [0.15, 0.2) is 0 Å². The molecular weight excluding hydrogens is 219 g/mol. The fourth-order valence-electron chi connectivity index (χ4n) is 1.65. The molecule has 4 nitrogen and oxygen atoms in total. The number of carboxylic acid groups (broad SMARTS) is 1. The molecule has 0 saturated carbocycles. The summed E-state index contributed by atoms with van der Waals surface area (Å²) in [5, 5.41) is 9.17. The predicted molar refractivity (Wildman–Crippen MR) is 66.8 cm³/mol. The highest BCUT2D eigenvalue weighted by Gasteiger charge is 2.53. The van der Waals surface area contributed by atoms with Gasteiger partial charge in [-0.05, 0) is 34.6 Å². The molecule has 0 radical (unpaired) electrons. The number of aliphatic carboxylic acids is 1. The third-order valence-electron chi connectivity index (χ3n) is 3.83. The molecule has 0 aromatic rings. The standard InChI is InChI=1S/C12H21BO4/c1-7-12(6,9(14)15)8-13-16-10(2,3)11(4,5)17-13/h7H,1,8H2,2-6H3,(H,14,15). The van der Waals surface area contributed by atoms with Gasteiger partial charge in [-0.2, -0.15) is 0 Å². The van der Waals surface area contributed by atoms with Crippen molar-refractivity contribution < 1.29 is 19.2 Å². The Hall–Kier alpha value is -0.805. The van der Waals surface area contributed by atoms with Crippen LogP contribution in [0.5, 0.6) is 0 Å². The van der Waals surface area contributed by atoms with E-state index >= 15 is 0 Å². The second-order valence-electron chi connectivity index (χ2n) is 5.82. The third-order valence-corrected chi connectivity index (χ3v) is 3.83. The van der Waals surface area contributed by atoms with Crippen LogP contribution in [-0.2, 0) is 14.1 Å². The van der Waals surface area contributed by atoms with Gasteiger partial charge in [-0.3, -0.25) is 4.79 Å². The zero-order chi connectivity index (χ0) is 13.5. The van der Waals surface area contributed by atoms with Gasteiger partial charge in [0.05, 0.1) is 16.6 Å². The maximum atomic E-state index is 11.2. The third kappa shape index (κ3) is 2.55. The lowest BCUT2D eigenvalue weighted by atomic mass is 9.69. The maximum absolute atomic E-state index is 11.2. The second kappa shape index (κ2) is 4.14. The summed E-state index contributed by atoms with van der Waals surface area (Å²) in [6, 6.07) is 0. The van der Waals surface area contributed by atoms with E-state index < -0.39 is 29.7 Å². The SMILES string of the molecule is C=CC(C)(CB1OC(C)(C)C(C)(C)O1)C(=O)O. The summed E-state index contributed by atoms with van der Waals surface area (Å²) >= 11 is 0. The molecule has 0 aromatic carbocycles. The minimum Gasteiger partial charge on any atom is -0.481 e. The highest BCUT2D eigenvalue weighted by Crippen LogP contribution is 2.40. The molecule has 0 spiro atoms. The number of carboxylic acids is 1. The molecule has 1 N–H and O–H groups in total. The molecule has 96 valence electrons. The highest BCUT2D eigenvalue weighted by atomic mass is 16.7. The molecule has 5 heteroatoms. The Balaban J connectivity index is 2.80. The van der Waals surface area contributed by atoms with E-state index in [-0.39, 0.29) is 6.32 Å². The van der Waals surface area contributed by atoms with Crippen molar-refractivity contribution in [2.24, 2.45) is 5.41 Å². The summed E-state index contributed by atoms with van der Waals surface area (Å²) in [7, 11) is -0.515. The Bertz CT molecular complexity index is 321. The Morgan fingerprint density at radius 3 is 2.06 bits per heavy atom. The van der Waals surface area contributed by atoms with E-state index in [0.717, 1.165) is 0 Å². The number of hydrogen-bond donors (Lipinski definition) is 1. The van der Waals surface area contributed by atoms with Gasteiger partial charge < -0.3 is 14.4 Å². The van der Waals surface area contributed by atoms with Crippen molar-refractivity contribution in [3.8, 4) is 0 Å². The van der Waals surface area contributed by atoms with Gasteiger partial charge in [-0.15, -0.1) is 6.58 Å². The van der Waals surface area contributed by atoms with Gasteiger partial charge >= 0.3 is 13.1 Å². The Labute approximate surface area is 103 Å². The van der Waals surface area contributed by atoms with Crippen LogP contribution in [0.3, 0.4) is 0 Å². The van der Waals surface area contributed by atoms with Crippen molar-refractivity contribution in [3.05, 3.63) is 12.7 Å². The Morgan fingerprint density at radius 2 is 1.76 bits per heavy atom. The summed E-state index contributed by atoms with van der Waals surface area (Å²) in [5.74, 6) is -0.915. The first-order chi connectivity index (χ1) is 7.54. The minimum absolute atomic E-state index is 0.263. The van der Waals surface area contributed by atoms with Crippen molar-refractivity contribution in [1.29, 1.82) is 0 Å².